The van der Waals surface area contributed by atoms with Gasteiger partial charge in [0.25, 0.3) is 0 Å². The third-order valence-corrected chi connectivity index (χ3v) is 4.52. The van der Waals surface area contributed by atoms with Gasteiger partial charge in [-0.1, -0.05) is 41.9 Å². The van der Waals surface area contributed by atoms with E-state index in [0.29, 0.717) is 0 Å². The van der Waals surface area contributed by atoms with Gasteiger partial charge in [0.1, 0.15) is 12.1 Å². The maximum absolute atomic E-state index is 12.7. The first-order valence-corrected chi connectivity index (χ1v) is 8.00. The van der Waals surface area contributed by atoms with Crippen LogP contribution in [0.4, 0.5) is 0 Å². The number of carbonyl (C=O) groups excluding carboxylic acids is 2. The van der Waals surface area contributed by atoms with Gasteiger partial charge in [-0.2, -0.15) is 0 Å². The highest BCUT2D eigenvalue weighted by Crippen LogP contribution is 2.28. The summed E-state index contributed by atoms with van der Waals surface area (Å²) in [7, 11) is 0. The zero-order valence-electron chi connectivity index (χ0n) is 12.8. The molecule has 2 amide bonds. The molecule has 3 unspecified atom stereocenters. The number of nitrogens with one attached hydrogen (secondary N) is 1. The van der Waals surface area contributed by atoms with Gasteiger partial charge in [-0.15, -0.1) is 0 Å². The Labute approximate surface area is 134 Å². The molecule has 1 aromatic carbocycles. The fourth-order valence-electron chi connectivity index (χ4n) is 2.72. The van der Waals surface area contributed by atoms with Gasteiger partial charge in [0, 0.05) is 4.47 Å². The van der Waals surface area contributed by atoms with Crippen LogP contribution in [0.1, 0.15) is 39.3 Å². The van der Waals surface area contributed by atoms with Gasteiger partial charge in [0.05, 0.1) is 6.04 Å². The first-order chi connectivity index (χ1) is 9.82. The lowest BCUT2D eigenvalue weighted by Crippen LogP contribution is -2.64. The molecule has 5 heteroatoms. The van der Waals surface area contributed by atoms with Crippen LogP contribution in [0.25, 0.3) is 0 Å². The van der Waals surface area contributed by atoms with E-state index >= 15 is 0 Å². The molecule has 0 aliphatic carbocycles. The van der Waals surface area contributed by atoms with Crippen LogP contribution in [0.5, 0.6) is 0 Å². The number of amides is 2. The quantitative estimate of drug-likeness (QED) is 0.909. The monoisotopic (exact) mass is 352 g/mol. The van der Waals surface area contributed by atoms with Crippen molar-refractivity contribution in [2.45, 2.75) is 45.8 Å². The topological polar surface area (TPSA) is 49.4 Å². The minimum atomic E-state index is -0.457. The van der Waals surface area contributed by atoms with E-state index in [2.05, 4.69) is 21.2 Å². The van der Waals surface area contributed by atoms with Crippen LogP contribution in [0.15, 0.2) is 28.7 Å². The number of hydrogen-bond acceptors (Lipinski definition) is 2. The van der Waals surface area contributed by atoms with Crippen molar-refractivity contribution in [2.75, 3.05) is 0 Å². The molecule has 21 heavy (non-hydrogen) atoms. The summed E-state index contributed by atoms with van der Waals surface area (Å²) >= 11 is 3.45. The standard InChI is InChI=1S/C16H21BrN2O2/c1-9(2)14-16(21)19(11(4)15(20)18-14)10(3)12-6-5-7-13(17)8-12/h5-11,14H,1-4H3,(H,18,20). The molecule has 114 valence electrons. The summed E-state index contributed by atoms with van der Waals surface area (Å²) in [6.45, 7) is 7.63. The molecule has 1 N–H and O–H groups in total. The lowest BCUT2D eigenvalue weighted by Gasteiger charge is -2.42. The van der Waals surface area contributed by atoms with Crippen LogP contribution in [-0.2, 0) is 9.59 Å². The van der Waals surface area contributed by atoms with Gasteiger partial charge in [-0.25, -0.2) is 0 Å². The normalized spacial score (nSPS) is 24.2. The molecule has 1 heterocycles. The van der Waals surface area contributed by atoms with Crippen molar-refractivity contribution >= 4 is 27.7 Å². The molecule has 1 fully saturated rings. The molecule has 0 saturated carbocycles. The molecule has 2 rings (SSSR count). The molecule has 3 atom stereocenters. The van der Waals surface area contributed by atoms with E-state index < -0.39 is 12.1 Å². The van der Waals surface area contributed by atoms with Gasteiger partial charge in [-0.3, -0.25) is 9.59 Å². The van der Waals surface area contributed by atoms with E-state index in [4.69, 9.17) is 0 Å². The Morgan fingerprint density at radius 3 is 2.48 bits per heavy atom. The average Bonchev–Trinajstić information content (AvgIpc) is 2.42. The highest BCUT2D eigenvalue weighted by Gasteiger charge is 2.41. The first-order valence-electron chi connectivity index (χ1n) is 7.21. The van der Waals surface area contributed by atoms with E-state index in [0.717, 1.165) is 10.0 Å². The van der Waals surface area contributed by atoms with E-state index in [-0.39, 0.29) is 23.8 Å². The van der Waals surface area contributed by atoms with Gasteiger partial charge in [0.15, 0.2) is 0 Å². The minimum Gasteiger partial charge on any atom is -0.342 e. The van der Waals surface area contributed by atoms with E-state index in [9.17, 15) is 9.59 Å². The summed E-state index contributed by atoms with van der Waals surface area (Å²) in [5, 5.41) is 2.82. The van der Waals surface area contributed by atoms with Crippen molar-refractivity contribution in [3.05, 3.63) is 34.3 Å². The van der Waals surface area contributed by atoms with Crippen LogP contribution in [0.3, 0.4) is 0 Å². The van der Waals surface area contributed by atoms with Crippen molar-refractivity contribution in [2.24, 2.45) is 5.92 Å². The maximum Gasteiger partial charge on any atom is 0.246 e. The number of halogens is 1. The molecule has 1 saturated heterocycles. The summed E-state index contributed by atoms with van der Waals surface area (Å²) in [5.74, 6) is -0.0223. The highest BCUT2D eigenvalue weighted by molar-refractivity contribution is 9.10. The zero-order valence-corrected chi connectivity index (χ0v) is 14.3. The minimum absolute atomic E-state index is 0.00965. The molecule has 4 nitrogen and oxygen atoms in total. The Kier molecular flexibility index (Phi) is 4.71. The lowest BCUT2D eigenvalue weighted by molar-refractivity contribution is -0.152. The number of carbonyl (C=O) groups is 2. The Balaban J connectivity index is 2.34. The zero-order chi connectivity index (χ0) is 15.7. The fraction of sp³-hybridized carbons (Fsp3) is 0.500. The fourth-order valence-corrected chi connectivity index (χ4v) is 3.14. The Morgan fingerprint density at radius 1 is 1.24 bits per heavy atom. The molecule has 1 aromatic rings. The molecular weight excluding hydrogens is 332 g/mol. The third kappa shape index (κ3) is 3.12. The van der Waals surface area contributed by atoms with Crippen LogP contribution < -0.4 is 5.32 Å². The van der Waals surface area contributed by atoms with Gasteiger partial charge in [-0.05, 0) is 37.5 Å². The number of nitrogens with zero attached hydrogens (tertiary/aromatic N) is 1. The van der Waals surface area contributed by atoms with Gasteiger partial charge in [0.2, 0.25) is 11.8 Å². The molecular formula is C16H21BrN2O2. The summed E-state index contributed by atoms with van der Waals surface area (Å²) < 4.78 is 0.967. The lowest BCUT2D eigenvalue weighted by atomic mass is 9.95. The van der Waals surface area contributed by atoms with Crippen LogP contribution >= 0.6 is 15.9 Å². The third-order valence-electron chi connectivity index (χ3n) is 4.03. The molecule has 0 spiro atoms. The second-order valence-electron chi connectivity index (χ2n) is 5.88. The van der Waals surface area contributed by atoms with E-state index in [1.54, 1.807) is 11.8 Å². The van der Waals surface area contributed by atoms with Crippen molar-refractivity contribution in [1.82, 2.24) is 10.2 Å². The largest absolute Gasteiger partial charge is 0.342 e. The number of rotatable bonds is 3. The van der Waals surface area contributed by atoms with Crippen LogP contribution in [0, 0.1) is 5.92 Å². The summed E-state index contributed by atoms with van der Waals surface area (Å²) in [4.78, 5) is 26.6. The Hall–Kier alpha value is -1.36. The number of benzene rings is 1. The van der Waals surface area contributed by atoms with Crippen molar-refractivity contribution in [3.8, 4) is 0 Å². The Bertz CT molecular complexity index is 559. The molecule has 1 aliphatic heterocycles. The van der Waals surface area contributed by atoms with Crippen LogP contribution in [-0.4, -0.2) is 28.8 Å². The maximum atomic E-state index is 12.7. The first kappa shape index (κ1) is 16.0. The second kappa shape index (κ2) is 6.18. The highest BCUT2D eigenvalue weighted by atomic mass is 79.9. The molecule has 0 aromatic heterocycles. The van der Waals surface area contributed by atoms with Gasteiger partial charge >= 0.3 is 0 Å². The molecule has 0 radical (unpaired) electrons. The van der Waals surface area contributed by atoms with Crippen LogP contribution in [0.2, 0.25) is 0 Å². The second-order valence-corrected chi connectivity index (χ2v) is 6.80. The smallest absolute Gasteiger partial charge is 0.246 e. The average molecular weight is 353 g/mol. The number of piperazine rings is 1. The summed E-state index contributed by atoms with van der Waals surface area (Å²) in [5.41, 5.74) is 1.02. The summed E-state index contributed by atoms with van der Waals surface area (Å²) in [6, 6.07) is 6.81. The van der Waals surface area contributed by atoms with E-state index in [1.165, 1.54) is 0 Å². The molecule has 0 bridgehead atoms. The van der Waals surface area contributed by atoms with Gasteiger partial charge < -0.3 is 10.2 Å². The Morgan fingerprint density at radius 2 is 1.90 bits per heavy atom. The van der Waals surface area contributed by atoms with Crippen molar-refractivity contribution < 1.29 is 9.59 Å². The number of hydrogen-bond donors (Lipinski definition) is 1. The van der Waals surface area contributed by atoms with Crippen molar-refractivity contribution in [3.63, 3.8) is 0 Å². The van der Waals surface area contributed by atoms with E-state index in [1.807, 2.05) is 45.0 Å². The predicted octanol–water partition coefficient (Wildman–Crippen LogP) is 2.88. The summed E-state index contributed by atoms with van der Waals surface area (Å²) in [6.07, 6.45) is 0. The SMILES string of the molecule is CC(C)C1NC(=O)C(C)N(C(C)c2cccc(Br)c2)C1=O. The van der Waals surface area contributed by atoms with Crippen molar-refractivity contribution in [1.29, 1.82) is 0 Å². The predicted molar refractivity (Wildman–Crippen MR) is 85.6 cm³/mol. The molecule has 1 aliphatic rings.